The minimum atomic E-state index is -3.83. The zero-order valence-electron chi connectivity index (χ0n) is 11.1. The standard InChI is InChI=1S/C15H10ClFN2O2S/c16-13-8-11(5-6-14(13)17)19-22(20,21)12-7-10-3-1-2-4-15(10)18-9-12/h1-9,19H. The molecule has 0 fully saturated rings. The van der Waals surface area contributed by atoms with Gasteiger partial charge in [0.2, 0.25) is 0 Å². The van der Waals surface area contributed by atoms with Gasteiger partial charge in [-0.05, 0) is 30.3 Å². The van der Waals surface area contributed by atoms with Crippen molar-refractivity contribution in [1.29, 1.82) is 0 Å². The van der Waals surface area contributed by atoms with E-state index in [9.17, 15) is 12.8 Å². The van der Waals surface area contributed by atoms with Crippen LogP contribution in [0.4, 0.5) is 10.1 Å². The van der Waals surface area contributed by atoms with E-state index in [2.05, 4.69) is 9.71 Å². The third-order valence-corrected chi connectivity index (χ3v) is 4.69. The summed E-state index contributed by atoms with van der Waals surface area (Å²) in [5, 5.41) is 0.555. The summed E-state index contributed by atoms with van der Waals surface area (Å²) in [6, 6.07) is 12.3. The number of fused-ring (bicyclic) bond motifs is 1. The molecule has 0 radical (unpaired) electrons. The summed E-state index contributed by atoms with van der Waals surface area (Å²) in [5.74, 6) is -0.614. The van der Waals surface area contributed by atoms with Crippen LogP contribution in [0.2, 0.25) is 5.02 Å². The fourth-order valence-electron chi connectivity index (χ4n) is 1.97. The fraction of sp³-hybridized carbons (Fsp3) is 0. The van der Waals surface area contributed by atoms with Crippen LogP contribution in [0, 0.1) is 5.82 Å². The lowest BCUT2D eigenvalue weighted by atomic mass is 10.2. The second-order valence-corrected chi connectivity index (χ2v) is 6.69. The first-order chi connectivity index (χ1) is 10.5. The highest BCUT2D eigenvalue weighted by atomic mass is 35.5. The van der Waals surface area contributed by atoms with Crippen molar-refractivity contribution in [3.05, 3.63) is 65.6 Å². The summed E-state index contributed by atoms with van der Waals surface area (Å²) < 4.78 is 40.2. The molecule has 0 saturated heterocycles. The van der Waals surface area contributed by atoms with Gasteiger partial charge in [-0.1, -0.05) is 29.8 Å². The fourth-order valence-corrected chi connectivity index (χ4v) is 3.18. The summed E-state index contributed by atoms with van der Waals surface area (Å²) >= 11 is 5.64. The Morgan fingerprint density at radius 2 is 1.86 bits per heavy atom. The lowest BCUT2D eigenvalue weighted by Gasteiger charge is -2.09. The topological polar surface area (TPSA) is 59.1 Å². The largest absolute Gasteiger partial charge is 0.280 e. The normalized spacial score (nSPS) is 11.5. The van der Waals surface area contributed by atoms with E-state index >= 15 is 0 Å². The first kappa shape index (κ1) is 14.7. The van der Waals surface area contributed by atoms with Crippen LogP contribution in [0.5, 0.6) is 0 Å². The maximum Gasteiger partial charge on any atom is 0.263 e. The van der Waals surface area contributed by atoms with Crippen molar-refractivity contribution in [1.82, 2.24) is 4.98 Å². The smallest absolute Gasteiger partial charge is 0.263 e. The van der Waals surface area contributed by atoms with E-state index in [0.29, 0.717) is 10.9 Å². The molecule has 1 N–H and O–H groups in total. The maximum atomic E-state index is 13.1. The van der Waals surface area contributed by atoms with Gasteiger partial charge in [0, 0.05) is 11.6 Å². The van der Waals surface area contributed by atoms with Crippen LogP contribution in [-0.4, -0.2) is 13.4 Å². The predicted octanol–water partition coefficient (Wildman–Crippen LogP) is 3.83. The van der Waals surface area contributed by atoms with Crippen LogP contribution in [0.1, 0.15) is 0 Å². The number of halogens is 2. The number of nitrogens with one attached hydrogen (secondary N) is 1. The Morgan fingerprint density at radius 3 is 2.64 bits per heavy atom. The molecule has 0 unspecified atom stereocenters. The molecule has 0 atom stereocenters. The van der Waals surface area contributed by atoms with E-state index in [1.54, 1.807) is 18.2 Å². The molecule has 0 aliphatic rings. The highest BCUT2D eigenvalue weighted by molar-refractivity contribution is 7.92. The number of nitrogens with zero attached hydrogens (tertiary/aromatic N) is 1. The molecular formula is C15H10ClFN2O2S. The Bertz CT molecular complexity index is 961. The number of aromatic nitrogens is 1. The number of para-hydroxylation sites is 1. The van der Waals surface area contributed by atoms with Gasteiger partial charge in [-0.2, -0.15) is 0 Å². The predicted molar refractivity (Wildman–Crippen MR) is 84.0 cm³/mol. The second kappa shape index (κ2) is 5.55. The van der Waals surface area contributed by atoms with Crippen molar-refractivity contribution in [2.45, 2.75) is 4.90 Å². The molecule has 112 valence electrons. The molecule has 0 amide bonds. The Hall–Kier alpha value is -2.18. The molecule has 7 heteroatoms. The van der Waals surface area contributed by atoms with E-state index in [1.807, 2.05) is 6.07 Å². The highest BCUT2D eigenvalue weighted by Gasteiger charge is 2.16. The van der Waals surface area contributed by atoms with Gasteiger partial charge >= 0.3 is 0 Å². The van der Waals surface area contributed by atoms with Gasteiger partial charge in [-0.25, -0.2) is 12.8 Å². The molecule has 3 aromatic rings. The number of hydrogen-bond acceptors (Lipinski definition) is 3. The number of pyridine rings is 1. The second-order valence-electron chi connectivity index (χ2n) is 4.60. The van der Waals surface area contributed by atoms with Crippen LogP contribution < -0.4 is 4.72 Å². The maximum absolute atomic E-state index is 13.1. The molecule has 4 nitrogen and oxygen atoms in total. The summed E-state index contributed by atoms with van der Waals surface area (Å²) in [4.78, 5) is 4.14. The molecule has 22 heavy (non-hydrogen) atoms. The quantitative estimate of drug-likeness (QED) is 0.790. The Kier molecular flexibility index (Phi) is 3.72. The number of hydrogen-bond donors (Lipinski definition) is 1. The van der Waals surface area contributed by atoms with Crippen molar-refractivity contribution in [2.24, 2.45) is 0 Å². The minimum absolute atomic E-state index is 0.0200. The summed E-state index contributed by atoms with van der Waals surface area (Å²) in [5.41, 5.74) is 0.880. The van der Waals surface area contributed by atoms with Crippen molar-refractivity contribution >= 4 is 38.2 Å². The van der Waals surface area contributed by atoms with Gasteiger partial charge in [-0.15, -0.1) is 0 Å². The molecule has 0 aliphatic heterocycles. The summed E-state index contributed by atoms with van der Waals surface area (Å²) in [6.45, 7) is 0. The highest BCUT2D eigenvalue weighted by Crippen LogP contribution is 2.23. The average molecular weight is 337 g/mol. The molecule has 0 spiro atoms. The van der Waals surface area contributed by atoms with E-state index in [-0.39, 0.29) is 15.6 Å². The third kappa shape index (κ3) is 2.88. The van der Waals surface area contributed by atoms with Crippen LogP contribution in [0.15, 0.2) is 59.6 Å². The van der Waals surface area contributed by atoms with Gasteiger partial charge in [0.1, 0.15) is 10.7 Å². The summed E-state index contributed by atoms with van der Waals surface area (Å²) in [7, 11) is -3.83. The molecule has 0 aliphatic carbocycles. The van der Waals surface area contributed by atoms with Gasteiger partial charge in [0.05, 0.1) is 16.2 Å². The lowest BCUT2D eigenvalue weighted by molar-refractivity contribution is 0.600. The van der Waals surface area contributed by atoms with Gasteiger partial charge in [-0.3, -0.25) is 9.71 Å². The molecule has 1 heterocycles. The Morgan fingerprint density at radius 1 is 1.09 bits per heavy atom. The van der Waals surface area contributed by atoms with Crippen molar-refractivity contribution < 1.29 is 12.8 Å². The van der Waals surface area contributed by atoms with Crippen LogP contribution in [0.3, 0.4) is 0 Å². The number of anilines is 1. The minimum Gasteiger partial charge on any atom is -0.280 e. The van der Waals surface area contributed by atoms with Crippen molar-refractivity contribution in [3.63, 3.8) is 0 Å². The number of benzene rings is 2. The first-order valence-corrected chi connectivity index (χ1v) is 8.14. The van der Waals surface area contributed by atoms with Gasteiger partial charge in [0.15, 0.2) is 0 Å². The number of rotatable bonds is 3. The van der Waals surface area contributed by atoms with E-state index < -0.39 is 15.8 Å². The monoisotopic (exact) mass is 336 g/mol. The zero-order chi connectivity index (χ0) is 15.7. The average Bonchev–Trinajstić information content (AvgIpc) is 2.50. The van der Waals surface area contributed by atoms with Crippen molar-refractivity contribution in [3.8, 4) is 0 Å². The molecule has 3 rings (SSSR count). The SMILES string of the molecule is O=S(=O)(Nc1ccc(F)c(Cl)c1)c1cnc2ccccc2c1. The molecule has 2 aromatic carbocycles. The van der Waals surface area contributed by atoms with Gasteiger partial charge in [0.25, 0.3) is 10.0 Å². The molecule has 0 bridgehead atoms. The Balaban J connectivity index is 1.98. The zero-order valence-corrected chi connectivity index (χ0v) is 12.7. The molecule has 0 saturated carbocycles. The van der Waals surface area contributed by atoms with E-state index in [0.717, 1.165) is 6.07 Å². The third-order valence-electron chi connectivity index (χ3n) is 3.05. The van der Waals surface area contributed by atoms with Crippen LogP contribution >= 0.6 is 11.6 Å². The van der Waals surface area contributed by atoms with Gasteiger partial charge < -0.3 is 0 Å². The van der Waals surface area contributed by atoms with Crippen LogP contribution in [0.25, 0.3) is 10.9 Å². The van der Waals surface area contributed by atoms with E-state index in [4.69, 9.17) is 11.6 Å². The van der Waals surface area contributed by atoms with Crippen LogP contribution in [-0.2, 0) is 10.0 Å². The lowest BCUT2D eigenvalue weighted by Crippen LogP contribution is -2.13. The summed E-state index contributed by atoms with van der Waals surface area (Å²) in [6.07, 6.45) is 1.27. The molecule has 1 aromatic heterocycles. The molecular weight excluding hydrogens is 327 g/mol. The van der Waals surface area contributed by atoms with Crippen molar-refractivity contribution in [2.75, 3.05) is 4.72 Å². The number of sulfonamides is 1. The Labute approximate surface area is 131 Å². The first-order valence-electron chi connectivity index (χ1n) is 6.28. The van der Waals surface area contributed by atoms with E-state index in [1.165, 1.54) is 24.4 Å².